The summed E-state index contributed by atoms with van der Waals surface area (Å²) in [5.74, 6) is -0.907. The lowest BCUT2D eigenvalue weighted by Gasteiger charge is -2.06. The van der Waals surface area contributed by atoms with Gasteiger partial charge in [0.05, 0.1) is 0 Å². The Labute approximate surface area is 108 Å². The van der Waals surface area contributed by atoms with Crippen molar-refractivity contribution in [1.29, 1.82) is 0 Å². The summed E-state index contributed by atoms with van der Waals surface area (Å²) in [5.41, 5.74) is 0.468. The van der Waals surface area contributed by atoms with Crippen LogP contribution in [0.25, 0.3) is 0 Å². The van der Waals surface area contributed by atoms with E-state index >= 15 is 0 Å². The van der Waals surface area contributed by atoms with Gasteiger partial charge in [-0.05, 0) is 0 Å². The number of hydrogen-bond acceptors (Lipinski definition) is 4. The topological polar surface area (TPSA) is 77.6 Å². The van der Waals surface area contributed by atoms with Crippen molar-refractivity contribution < 1.29 is 18.0 Å². The Morgan fingerprint density at radius 1 is 1.37 bits per heavy atom. The molecule has 19 heavy (non-hydrogen) atoms. The van der Waals surface area contributed by atoms with Gasteiger partial charge in [0.1, 0.15) is 17.7 Å². The number of alkyl halides is 3. The van der Waals surface area contributed by atoms with Crippen molar-refractivity contribution in [3.8, 4) is 0 Å². The molecule has 102 valence electrons. The Morgan fingerprint density at radius 2 is 1.95 bits per heavy atom. The number of nitrogens with zero attached hydrogens (tertiary/aromatic N) is 5. The molecule has 0 aliphatic carbocycles. The van der Waals surface area contributed by atoms with Crippen LogP contribution in [0.4, 0.5) is 13.2 Å². The summed E-state index contributed by atoms with van der Waals surface area (Å²) >= 11 is 5.54. The fourth-order valence-corrected chi connectivity index (χ4v) is 1.73. The van der Waals surface area contributed by atoms with Crippen molar-refractivity contribution in [3.05, 3.63) is 29.1 Å². The molecule has 2 rings (SSSR count). The van der Waals surface area contributed by atoms with Crippen LogP contribution in [0.3, 0.4) is 0 Å². The third kappa shape index (κ3) is 2.52. The lowest BCUT2D eigenvalue weighted by Crippen LogP contribution is -2.22. The normalized spacial score (nSPS) is 11.6. The number of nitrogens with one attached hydrogen (secondary N) is 1. The highest BCUT2D eigenvalue weighted by Gasteiger charge is 2.40. The van der Waals surface area contributed by atoms with E-state index in [1.165, 1.54) is 0 Å². The lowest BCUT2D eigenvalue weighted by atomic mass is 10.3. The van der Waals surface area contributed by atoms with Crippen LogP contribution in [-0.4, -0.2) is 30.6 Å². The predicted octanol–water partition coefficient (Wildman–Crippen LogP) is 1.07. The summed E-state index contributed by atoms with van der Waals surface area (Å²) in [4.78, 5) is 11.7. The molecule has 1 amide bonds. The summed E-state index contributed by atoms with van der Waals surface area (Å²) in [6.07, 6.45) is -2.40. The van der Waals surface area contributed by atoms with Crippen LogP contribution in [0.5, 0.6) is 0 Å². The zero-order chi connectivity index (χ0) is 14.2. The van der Waals surface area contributed by atoms with Gasteiger partial charge in [0.15, 0.2) is 11.4 Å². The summed E-state index contributed by atoms with van der Waals surface area (Å²) in [7, 11) is 1.05. The molecule has 0 radical (unpaired) electrons. The molecule has 0 saturated heterocycles. The smallest absolute Gasteiger partial charge is 0.265 e. The SMILES string of the molecule is Cn1nc(C(=O)Nn2cnnc2)c(Cl)c1C(F)(F)F. The number of carbonyl (C=O) groups excluding carboxylic acids is 1. The van der Waals surface area contributed by atoms with Gasteiger partial charge in [-0.3, -0.25) is 14.9 Å². The molecule has 0 unspecified atom stereocenters. The molecule has 1 N–H and O–H groups in total. The maximum atomic E-state index is 12.7. The lowest BCUT2D eigenvalue weighted by molar-refractivity contribution is -0.143. The van der Waals surface area contributed by atoms with E-state index in [9.17, 15) is 18.0 Å². The second-order valence-corrected chi connectivity index (χ2v) is 3.82. The van der Waals surface area contributed by atoms with Gasteiger partial charge >= 0.3 is 6.18 Å². The number of carbonyl (C=O) groups is 1. The predicted molar refractivity (Wildman–Crippen MR) is 56.9 cm³/mol. The van der Waals surface area contributed by atoms with Gasteiger partial charge in [-0.1, -0.05) is 11.6 Å². The van der Waals surface area contributed by atoms with E-state index in [2.05, 4.69) is 20.7 Å². The number of amides is 1. The second-order valence-electron chi connectivity index (χ2n) is 3.44. The Bertz CT molecular complexity index is 605. The van der Waals surface area contributed by atoms with Crippen molar-refractivity contribution in [2.75, 3.05) is 5.43 Å². The van der Waals surface area contributed by atoms with Crippen molar-refractivity contribution >= 4 is 17.5 Å². The van der Waals surface area contributed by atoms with Gasteiger partial charge in [-0.25, -0.2) is 4.68 Å². The summed E-state index contributed by atoms with van der Waals surface area (Å²) < 4.78 is 39.5. The highest BCUT2D eigenvalue weighted by molar-refractivity contribution is 6.34. The first kappa shape index (κ1) is 13.3. The second kappa shape index (κ2) is 4.53. The standard InChI is InChI=1S/C8H6ClF3N6O/c1-17-6(8(10,11)12)4(9)5(15-17)7(19)16-18-2-13-14-3-18/h2-3H,1H3,(H,16,19). The molecular weight excluding hydrogens is 289 g/mol. The Kier molecular flexibility index (Phi) is 3.18. The number of hydrogen-bond donors (Lipinski definition) is 1. The van der Waals surface area contributed by atoms with Gasteiger partial charge in [0.2, 0.25) is 0 Å². The molecule has 0 spiro atoms. The molecule has 11 heteroatoms. The minimum Gasteiger partial charge on any atom is -0.265 e. The van der Waals surface area contributed by atoms with Crippen LogP contribution >= 0.6 is 11.6 Å². The molecule has 2 aromatic heterocycles. The van der Waals surface area contributed by atoms with E-state index in [-0.39, 0.29) is 0 Å². The zero-order valence-electron chi connectivity index (χ0n) is 9.31. The van der Waals surface area contributed by atoms with Crippen molar-refractivity contribution in [3.63, 3.8) is 0 Å². The van der Waals surface area contributed by atoms with E-state index in [1.54, 1.807) is 0 Å². The molecule has 0 saturated carbocycles. The van der Waals surface area contributed by atoms with Crippen LogP contribution in [0, 0.1) is 0 Å². The third-order valence-electron chi connectivity index (χ3n) is 2.12. The Balaban J connectivity index is 2.34. The summed E-state index contributed by atoms with van der Waals surface area (Å²) in [5, 5.41) is 9.52. The fraction of sp³-hybridized carbons (Fsp3) is 0.250. The molecule has 0 atom stereocenters. The molecule has 2 aromatic rings. The maximum Gasteiger partial charge on any atom is 0.434 e. The largest absolute Gasteiger partial charge is 0.434 e. The number of halogens is 4. The molecular formula is C8H6ClF3N6O. The van der Waals surface area contributed by atoms with Crippen molar-refractivity contribution in [2.24, 2.45) is 7.05 Å². The summed E-state index contributed by atoms with van der Waals surface area (Å²) in [6.45, 7) is 0. The molecule has 0 fully saturated rings. The third-order valence-corrected chi connectivity index (χ3v) is 2.48. The van der Waals surface area contributed by atoms with Crippen molar-refractivity contribution in [1.82, 2.24) is 24.7 Å². The van der Waals surface area contributed by atoms with Crippen LogP contribution < -0.4 is 5.43 Å². The minimum atomic E-state index is -4.70. The van der Waals surface area contributed by atoms with Gasteiger partial charge in [-0.2, -0.15) is 18.3 Å². The van der Waals surface area contributed by atoms with Gasteiger partial charge in [-0.15, -0.1) is 10.2 Å². The molecule has 0 aliphatic rings. The highest BCUT2D eigenvalue weighted by atomic mass is 35.5. The van der Waals surface area contributed by atoms with Crippen LogP contribution in [0.1, 0.15) is 16.2 Å². The number of rotatable bonds is 2. The Morgan fingerprint density at radius 3 is 2.42 bits per heavy atom. The first-order valence-electron chi connectivity index (χ1n) is 4.76. The quantitative estimate of drug-likeness (QED) is 0.898. The molecule has 0 aliphatic heterocycles. The van der Waals surface area contributed by atoms with E-state index < -0.39 is 28.5 Å². The van der Waals surface area contributed by atoms with E-state index in [0.717, 1.165) is 24.4 Å². The van der Waals surface area contributed by atoms with E-state index in [1.807, 2.05) is 0 Å². The average molecular weight is 295 g/mol. The van der Waals surface area contributed by atoms with E-state index in [0.29, 0.717) is 4.68 Å². The van der Waals surface area contributed by atoms with Crippen LogP contribution in [0.2, 0.25) is 5.02 Å². The van der Waals surface area contributed by atoms with E-state index in [4.69, 9.17) is 11.6 Å². The van der Waals surface area contributed by atoms with Crippen LogP contribution in [-0.2, 0) is 13.2 Å². The maximum absolute atomic E-state index is 12.7. The average Bonchev–Trinajstić information content (AvgIpc) is 2.85. The number of aryl methyl sites for hydroxylation is 1. The molecule has 2 heterocycles. The van der Waals surface area contributed by atoms with Gasteiger partial charge in [0, 0.05) is 7.05 Å². The molecule has 0 aromatic carbocycles. The highest BCUT2D eigenvalue weighted by Crippen LogP contribution is 2.35. The fourth-order valence-electron chi connectivity index (χ4n) is 1.38. The monoisotopic (exact) mass is 294 g/mol. The molecule has 7 nitrogen and oxygen atoms in total. The minimum absolute atomic E-state index is 0.503. The molecule has 0 bridgehead atoms. The van der Waals surface area contributed by atoms with Gasteiger partial charge < -0.3 is 0 Å². The first-order valence-corrected chi connectivity index (χ1v) is 5.14. The Hall–Kier alpha value is -2.10. The first-order chi connectivity index (χ1) is 8.80. The van der Waals surface area contributed by atoms with Crippen molar-refractivity contribution in [2.45, 2.75) is 6.18 Å². The van der Waals surface area contributed by atoms with Gasteiger partial charge in [0.25, 0.3) is 5.91 Å². The number of aromatic nitrogens is 5. The zero-order valence-corrected chi connectivity index (χ0v) is 10.1. The summed E-state index contributed by atoms with van der Waals surface area (Å²) in [6, 6.07) is 0. The van der Waals surface area contributed by atoms with Crippen LogP contribution in [0.15, 0.2) is 12.7 Å².